The smallest absolute Gasteiger partial charge is 0.191 e. The zero-order chi connectivity index (χ0) is 21.3. The van der Waals surface area contributed by atoms with Gasteiger partial charge in [0.1, 0.15) is 11.6 Å². The number of guanidine groups is 1. The molecule has 2 aromatic carbocycles. The Morgan fingerprint density at radius 3 is 2.60 bits per heavy atom. The maximum absolute atomic E-state index is 5.77. The van der Waals surface area contributed by atoms with Gasteiger partial charge < -0.3 is 19.9 Å². The van der Waals surface area contributed by atoms with Gasteiger partial charge in [0.15, 0.2) is 5.96 Å². The Bertz CT molecular complexity index is 993. The minimum Gasteiger partial charge on any atom is -0.494 e. The standard InChI is InChI=1S/C24H31N5O/c1-5-30-23-13-18(2)9-10-22(23)16-28-24(25-4)27-15-20-7-6-8-21(14-20)17-29-12-11-26-19(29)3/h6-14H,5,15-17H2,1-4H3,(H2,25,27,28). The molecule has 1 aromatic heterocycles. The molecule has 6 heteroatoms. The molecule has 0 aliphatic rings. The molecular formula is C24H31N5O. The lowest BCUT2D eigenvalue weighted by Crippen LogP contribution is -2.36. The van der Waals surface area contributed by atoms with Crippen LogP contribution in [0.25, 0.3) is 0 Å². The van der Waals surface area contributed by atoms with Gasteiger partial charge in [0.25, 0.3) is 0 Å². The minimum absolute atomic E-state index is 0.648. The summed E-state index contributed by atoms with van der Waals surface area (Å²) in [4.78, 5) is 8.64. The summed E-state index contributed by atoms with van der Waals surface area (Å²) in [5, 5.41) is 6.77. The summed E-state index contributed by atoms with van der Waals surface area (Å²) in [6.45, 7) is 8.91. The number of hydrogen-bond donors (Lipinski definition) is 2. The Morgan fingerprint density at radius 1 is 1.07 bits per heavy atom. The second-order valence-electron chi connectivity index (χ2n) is 7.25. The second-order valence-corrected chi connectivity index (χ2v) is 7.25. The highest BCUT2D eigenvalue weighted by atomic mass is 16.5. The number of nitrogens with one attached hydrogen (secondary N) is 2. The second kappa shape index (κ2) is 10.5. The van der Waals surface area contributed by atoms with Crippen molar-refractivity contribution in [2.24, 2.45) is 4.99 Å². The van der Waals surface area contributed by atoms with Crippen LogP contribution in [0.3, 0.4) is 0 Å². The first-order valence-electron chi connectivity index (χ1n) is 10.3. The van der Waals surface area contributed by atoms with Gasteiger partial charge in [-0.1, -0.05) is 36.4 Å². The van der Waals surface area contributed by atoms with Crippen LogP contribution in [0, 0.1) is 13.8 Å². The molecule has 0 unspecified atom stereocenters. The van der Waals surface area contributed by atoms with Gasteiger partial charge in [0.05, 0.1) is 6.61 Å². The van der Waals surface area contributed by atoms with E-state index < -0.39 is 0 Å². The average Bonchev–Trinajstić information content (AvgIpc) is 3.14. The zero-order valence-electron chi connectivity index (χ0n) is 18.3. The van der Waals surface area contributed by atoms with Gasteiger partial charge in [0, 0.05) is 44.6 Å². The van der Waals surface area contributed by atoms with Gasteiger partial charge in [-0.15, -0.1) is 0 Å². The number of nitrogens with zero attached hydrogens (tertiary/aromatic N) is 3. The summed E-state index contributed by atoms with van der Waals surface area (Å²) in [7, 11) is 1.78. The first-order valence-corrected chi connectivity index (χ1v) is 10.3. The Morgan fingerprint density at radius 2 is 1.87 bits per heavy atom. The monoisotopic (exact) mass is 405 g/mol. The van der Waals surface area contributed by atoms with Crippen molar-refractivity contribution in [2.75, 3.05) is 13.7 Å². The molecule has 0 radical (unpaired) electrons. The van der Waals surface area contributed by atoms with E-state index in [2.05, 4.69) is 74.6 Å². The molecular weight excluding hydrogens is 374 g/mol. The van der Waals surface area contributed by atoms with Crippen LogP contribution in [0.2, 0.25) is 0 Å². The number of benzene rings is 2. The van der Waals surface area contributed by atoms with Crippen LogP contribution in [0.1, 0.15) is 35.0 Å². The van der Waals surface area contributed by atoms with Crippen molar-refractivity contribution in [1.82, 2.24) is 20.2 Å². The van der Waals surface area contributed by atoms with Crippen molar-refractivity contribution in [3.05, 3.63) is 82.9 Å². The van der Waals surface area contributed by atoms with Crippen molar-refractivity contribution >= 4 is 5.96 Å². The number of aryl methyl sites for hydroxylation is 2. The molecule has 0 bridgehead atoms. The normalized spacial score (nSPS) is 11.4. The number of aromatic nitrogens is 2. The van der Waals surface area contributed by atoms with E-state index >= 15 is 0 Å². The molecule has 6 nitrogen and oxygen atoms in total. The maximum atomic E-state index is 5.77. The largest absolute Gasteiger partial charge is 0.494 e. The molecule has 30 heavy (non-hydrogen) atoms. The summed E-state index contributed by atoms with van der Waals surface area (Å²) in [5.41, 5.74) is 4.76. The van der Waals surface area contributed by atoms with Gasteiger partial charge in [-0.05, 0) is 43.5 Å². The molecule has 1 heterocycles. The third kappa shape index (κ3) is 5.86. The lowest BCUT2D eigenvalue weighted by Gasteiger charge is -2.15. The number of aliphatic imine (C=N–C) groups is 1. The molecule has 0 saturated heterocycles. The van der Waals surface area contributed by atoms with E-state index in [4.69, 9.17) is 4.74 Å². The van der Waals surface area contributed by atoms with Gasteiger partial charge in [-0.25, -0.2) is 4.98 Å². The van der Waals surface area contributed by atoms with Gasteiger partial charge in [-0.3, -0.25) is 4.99 Å². The molecule has 0 aliphatic carbocycles. The molecule has 3 aromatic rings. The first-order chi connectivity index (χ1) is 14.6. The molecule has 0 saturated carbocycles. The molecule has 0 atom stereocenters. The number of hydrogen-bond acceptors (Lipinski definition) is 3. The molecule has 3 rings (SSSR count). The van der Waals surface area contributed by atoms with Gasteiger partial charge >= 0.3 is 0 Å². The number of rotatable bonds is 8. The average molecular weight is 406 g/mol. The maximum Gasteiger partial charge on any atom is 0.191 e. The summed E-state index contributed by atoms with van der Waals surface area (Å²) in [6.07, 6.45) is 3.84. The third-order valence-electron chi connectivity index (χ3n) is 4.92. The summed E-state index contributed by atoms with van der Waals surface area (Å²) < 4.78 is 7.91. The van der Waals surface area contributed by atoms with Crippen molar-refractivity contribution in [3.63, 3.8) is 0 Å². The fraction of sp³-hybridized carbons (Fsp3) is 0.333. The third-order valence-corrected chi connectivity index (χ3v) is 4.92. The van der Waals surface area contributed by atoms with Crippen LogP contribution in [0.5, 0.6) is 5.75 Å². The fourth-order valence-corrected chi connectivity index (χ4v) is 3.29. The Labute approximate surface area is 179 Å². The number of imidazole rings is 1. The Kier molecular flexibility index (Phi) is 7.49. The van der Waals surface area contributed by atoms with Gasteiger partial charge in [0.2, 0.25) is 0 Å². The first kappa shape index (κ1) is 21.4. The lowest BCUT2D eigenvalue weighted by atomic mass is 10.1. The SMILES string of the molecule is CCOc1cc(C)ccc1CNC(=NC)NCc1cccc(Cn2ccnc2C)c1. The summed E-state index contributed by atoms with van der Waals surface area (Å²) in [5.74, 6) is 2.70. The molecule has 0 fully saturated rings. The highest BCUT2D eigenvalue weighted by Gasteiger charge is 2.06. The van der Waals surface area contributed by atoms with Crippen LogP contribution in [-0.4, -0.2) is 29.2 Å². The van der Waals surface area contributed by atoms with Crippen LogP contribution < -0.4 is 15.4 Å². The topological polar surface area (TPSA) is 63.5 Å². The minimum atomic E-state index is 0.648. The van der Waals surface area contributed by atoms with Crippen LogP contribution in [0.4, 0.5) is 0 Å². The molecule has 0 amide bonds. The van der Waals surface area contributed by atoms with E-state index in [1.807, 2.05) is 26.2 Å². The highest BCUT2D eigenvalue weighted by molar-refractivity contribution is 5.79. The zero-order valence-corrected chi connectivity index (χ0v) is 18.3. The molecule has 0 spiro atoms. The molecule has 0 aliphatic heterocycles. The van der Waals surface area contributed by atoms with E-state index in [0.29, 0.717) is 19.7 Å². The van der Waals surface area contributed by atoms with E-state index in [-0.39, 0.29) is 0 Å². The summed E-state index contributed by atoms with van der Waals surface area (Å²) >= 11 is 0. The van der Waals surface area contributed by atoms with Crippen molar-refractivity contribution < 1.29 is 4.74 Å². The molecule has 2 N–H and O–H groups in total. The van der Waals surface area contributed by atoms with Crippen molar-refractivity contribution in [2.45, 2.75) is 40.4 Å². The number of ether oxygens (including phenoxy) is 1. The van der Waals surface area contributed by atoms with Crippen LogP contribution in [-0.2, 0) is 19.6 Å². The predicted octanol–water partition coefficient (Wildman–Crippen LogP) is 3.81. The predicted molar refractivity (Wildman–Crippen MR) is 122 cm³/mol. The van der Waals surface area contributed by atoms with Crippen molar-refractivity contribution in [3.8, 4) is 5.75 Å². The van der Waals surface area contributed by atoms with E-state index in [1.165, 1.54) is 16.7 Å². The lowest BCUT2D eigenvalue weighted by molar-refractivity contribution is 0.336. The van der Waals surface area contributed by atoms with E-state index in [1.54, 1.807) is 7.05 Å². The fourth-order valence-electron chi connectivity index (χ4n) is 3.29. The summed E-state index contributed by atoms with van der Waals surface area (Å²) in [6, 6.07) is 14.8. The Balaban J connectivity index is 1.57. The Hall–Kier alpha value is -3.28. The van der Waals surface area contributed by atoms with E-state index in [9.17, 15) is 0 Å². The van der Waals surface area contributed by atoms with Gasteiger partial charge in [-0.2, -0.15) is 0 Å². The highest BCUT2D eigenvalue weighted by Crippen LogP contribution is 2.20. The van der Waals surface area contributed by atoms with Crippen molar-refractivity contribution in [1.29, 1.82) is 0 Å². The quantitative estimate of drug-likeness (QED) is 0.442. The van der Waals surface area contributed by atoms with Crippen LogP contribution in [0.15, 0.2) is 59.9 Å². The van der Waals surface area contributed by atoms with E-state index in [0.717, 1.165) is 29.6 Å². The van der Waals surface area contributed by atoms with Crippen LogP contribution >= 0.6 is 0 Å². The molecule has 158 valence electrons.